The summed E-state index contributed by atoms with van der Waals surface area (Å²) in [5.41, 5.74) is 16.6. The molecule has 0 unspecified atom stereocenters. The number of fused-ring (bicyclic) bond motifs is 15. The second kappa shape index (κ2) is 13.6. The molecule has 1 radical (unpaired) electrons. The van der Waals surface area contributed by atoms with Crippen molar-refractivity contribution in [1.29, 1.82) is 0 Å². The average Bonchev–Trinajstić information content (AvgIpc) is 4.04. The predicted octanol–water partition coefficient (Wildman–Crippen LogP) is 16.7. The molecule has 13 rings (SSSR count). The van der Waals surface area contributed by atoms with Crippen molar-refractivity contribution in [1.82, 2.24) is 4.57 Å². The summed E-state index contributed by atoms with van der Waals surface area (Å²) in [7, 11) is 2.50. The van der Waals surface area contributed by atoms with Crippen molar-refractivity contribution in [3.63, 3.8) is 0 Å². The second-order valence-electron chi connectivity index (χ2n) is 21.7. The smallest absolute Gasteiger partial charge is 0.197 e. The summed E-state index contributed by atoms with van der Waals surface area (Å²) < 4.78 is 14.4. The summed E-state index contributed by atoms with van der Waals surface area (Å²) in [5.74, 6) is 0. The largest absolute Gasteiger partial charge is 0.456 e. The average molecular weight is 890 g/mol. The highest BCUT2D eigenvalue weighted by Gasteiger charge is 2.33. The summed E-state index contributed by atoms with van der Waals surface area (Å²) in [6.45, 7) is 20.8. The molecule has 0 spiro atoms. The first-order valence-corrected chi connectivity index (χ1v) is 24.9. The van der Waals surface area contributed by atoms with Gasteiger partial charge in [0.05, 0.1) is 11.0 Å². The highest BCUT2D eigenvalue weighted by Crippen LogP contribution is 2.51. The molecule has 4 aromatic heterocycles. The van der Waals surface area contributed by atoms with E-state index in [2.05, 4.69) is 213 Å². The van der Waals surface area contributed by atoms with E-state index in [4.69, 9.17) is 4.42 Å². The Morgan fingerprint density at radius 1 is 0.515 bits per heavy atom. The third-order valence-electron chi connectivity index (χ3n) is 14.3. The van der Waals surface area contributed by atoms with Gasteiger partial charge in [-0.1, -0.05) is 135 Å². The molecule has 3 nitrogen and oxygen atoms in total. The van der Waals surface area contributed by atoms with Crippen molar-refractivity contribution in [2.45, 2.75) is 78.6 Å². The number of rotatable bonds is 3. The van der Waals surface area contributed by atoms with Crippen LogP contribution in [0.4, 0.5) is 11.4 Å². The number of furan rings is 1. The van der Waals surface area contributed by atoms with Gasteiger partial charge in [-0.05, 0) is 105 Å². The number of aromatic nitrogens is 1. The fourth-order valence-electron chi connectivity index (χ4n) is 10.7. The summed E-state index contributed by atoms with van der Waals surface area (Å²) in [6.07, 6.45) is 0. The van der Waals surface area contributed by atoms with Crippen molar-refractivity contribution >= 4 is 136 Å². The molecule has 321 valence electrons. The van der Waals surface area contributed by atoms with Gasteiger partial charge >= 0.3 is 0 Å². The molecule has 0 fully saturated rings. The molecule has 0 saturated heterocycles. The van der Waals surface area contributed by atoms with Crippen LogP contribution in [0, 0.1) is 0 Å². The zero-order valence-electron chi connectivity index (χ0n) is 39.0. The Kier molecular flexibility index (Phi) is 8.25. The molecule has 0 amide bonds. The van der Waals surface area contributed by atoms with Gasteiger partial charge in [0, 0.05) is 90.6 Å². The molecule has 1 N–H and O–H groups in total. The van der Waals surface area contributed by atoms with Gasteiger partial charge in [0.2, 0.25) is 0 Å². The molecule has 6 heteroatoms. The molecule has 8 aromatic carbocycles. The molecule has 66 heavy (non-hydrogen) atoms. The van der Waals surface area contributed by atoms with Gasteiger partial charge in [0.1, 0.15) is 11.2 Å². The Bertz CT molecular complexity index is 4040. The van der Waals surface area contributed by atoms with Crippen LogP contribution in [0.25, 0.3) is 101 Å². The van der Waals surface area contributed by atoms with E-state index in [1.807, 2.05) is 22.7 Å². The molecular formula is C60H50BN2OS2. The van der Waals surface area contributed by atoms with Gasteiger partial charge in [-0.25, -0.2) is 0 Å². The zero-order chi connectivity index (χ0) is 45.2. The lowest BCUT2D eigenvalue weighted by Crippen LogP contribution is -2.37. The summed E-state index contributed by atoms with van der Waals surface area (Å²) in [5, 5.41) is 14.2. The van der Waals surface area contributed by atoms with Crippen LogP contribution in [0.5, 0.6) is 0 Å². The number of anilines is 2. The van der Waals surface area contributed by atoms with Crippen LogP contribution in [-0.4, -0.2) is 11.8 Å². The molecule has 0 atom stereocenters. The molecule has 0 aliphatic carbocycles. The number of thiophene rings is 2. The van der Waals surface area contributed by atoms with E-state index >= 15 is 0 Å². The van der Waals surface area contributed by atoms with Crippen molar-refractivity contribution in [2.24, 2.45) is 0 Å². The molecule has 5 heterocycles. The lowest BCUT2D eigenvalue weighted by molar-refractivity contribution is 0.590. The van der Waals surface area contributed by atoms with Crippen LogP contribution in [0.15, 0.2) is 138 Å². The van der Waals surface area contributed by atoms with Crippen LogP contribution in [0.2, 0.25) is 0 Å². The molecule has 12 aromatic rings. The van der Waals surface area contributed by atoms with Crippen LogP contribution in [-0.2, 0) is 16.2 Å². The van der Waals surface area contributed by atoms with Gasteiger partial charge in [-0.3, -0.25) is 0 Å². The van der Waals surface area contributed by atoms with Crippen LogP contribution < -0.4 is 16.2 Å². The maximum Gasteiger partial charge on any atom is 0.197 e. The highest BCUT2D eigenvalue weighted by atomic mass is 32.1. The van der Waals surface area contributed by atoms with Crippen LogP contribution in [0.3, 0.4) is 0 Å². The standard InChI is InChI=1S/C60H50BN2OS2/c1-58(2,3)32-18-22-35(23-19-32)62-44-30-51-40(39-26-34(60(7,8)9)21-25-50(39)65-51)28-41(44)52-53-37-15-11-13-17-49(37)66-57(53)54-42-27-33(59(4,5)6)20-24-45(42)63-46-31-48-38(29-43(46)61-55(52)56(54)63)36-14-10-12-16-47(36)64-48/h10-31,62H,1-9H3. The Labute approximate surface area is 393 Å². The predicted molar refractivity (Wildman–Crippen MR) is 290 cm³/mol. The van der Waals surface area contributed by atoms with Gasteiger partial charge in [-0.15, -0.1) is 22.7 Å². The van der Waals surface area contributed by atoms with E-state index in [1.165, 1.54) is 101 Å². The van der Waals surface area contributed by atoms with Crippen molar-refractivity contribution in [3.05, 3.63) is 150 Å². The van der Waals surface area contributed by atoms with E-state index in [1.54, 1.807) is 0 Å². The minimum Gasteiger partial charge on any atom is -0.456 e. The van der Waals surface area contributed by atoms with E-state index in [0.29, 0.717) is 0 Å². The third kappa shape index (κ3) is 5.87. The lowest BCUT2D eigenvalue weighted by atomic mass is 9.58. The van der Waals surface area contributed by atoms with E-state index in [-0.39, 0.29) is 16.2 Å². The summed E-state index contributed by atoms with van der Waals surface area (Å²) in [6, 6.07) is 50.5. The lowest BCUT2D eigenvalue weighted by Gasteiger charge is -2.25. The molecule has 1 aliphatic rings. The molecule has 0 saturated carbocycles. The maximum atomic E-state index is 6.62. The van der Waals surface area contributed by atoms with Gasteiger partial charge in [0.25, 0.3) is 0 Å². The normalized spacial score (nSPS) is 13.3. The molecule has 1 aliphatic heterocycles. The van der Waals surface area contributed by atoms with Gasteiger partial charge in [0.15, 0.2) is 7.28 Å². The van der Waals surface area contributed by atoms with E-state index in [0.717, 1.165) is 39.0 Å². The number of nitrogens with zero attached hydrogens (tertiary/aromatic N) is 1. The van der Waals surface area contributed by atoms with E-state index < -0.39 is 0 Å². The number of benzene rings is 8. The number of hydrogen-bond donors (Lipinski definition) is 1. The molecular weight excluding hydrogens is 840 g/mol. The Morgan fingerprint density at radius 2 is 1.17 bits per heavy atom. The summed E-state index contributed by atoms with van der Waals surface area (Å²) in [4.78, 5) is 0. The fourth-order valence-corrected chi connectivity index (χ4v) is 13.1. The minimum atomic E-state index is -0.0213. The topological polar surface area (TPSA) is 30.1 Å². The van der Waals surface area contributed by atoms with Gasteiger partial charge < -0.3 is 14.3 Å². The minimum absolute atomic E-state index is 0.0213. The Morgan fingerprint density at radius 3 is 1.92 bits per heavy atom. The monoisotopic (exact) mass is 889 g/mol. The summed E-state index contributed by atoms with van der Waals surface area (Å²) >= 11 is 3.82. The molecule has 0 bridgehead atoms. The Hall–Kier alpha value is -6.34. The SMILES string of the molecule is CC(C)(C)c1ccc(Nc2cc3sc4ccc(C(C)(C)C)cc4c3cc2-c2c3c4c(c5cc(C(C)(C)C)ccc5n4-c4cc5oc6ccccc6c5cc4[B]3)c3sc4ccccc4c23)cc1. The van der Waals surface area contributed by atoms with Gasteiger partial charge in [-0.2, -0.15) is 0 Å². The zero-order valence-corrected chi connectivity index (χ0v) is 40.6. The van der Waals surface area contributed by atoms with Crippen molar-refractivity contribution < 1.29 is 4.42 Å². The van der Waals surface area contributed by atoms with E-state index in [9.17, 15) is 0 Å². The van der Waals surface area contributed by atoms with Crippen LogP contribution >= 0.6 is 22.7 Å². The third-order valence-corrected chi connectivity index (χ3v) is 16.6. The Balaban J connectivity index is 1.20. The first-order valence-electron chi connectivity index (χ1n) is 23.2. The number of nitrogens with one attached hydrogen (secondary N) is 1. The number of hydrogen-bond acceptors (Lipinski definition) is 4. The second-order valence-corrected chi connectivity index (χ2v) is 23.8. The first-order chi connectivity index (χ1) is 31.6. The van der Waals surface area contributed by atoms with Crippen LogP contribution in [0.1, 0.15) is 79.0 Å². The highest BCUT2D eigenvalue weighted by molar-refractivity contribution is 7.27. The number of para-hydroxylation sites is 1. The van der Waals surface area contributed by atoms with Crippen molar-refractivity contribution in [3.8, 4) is 16.8 Å². The fraction of sp³-hybridized carbons (Fsp3) is 0.200. The first kappa shape index (κ1) is 40.0. The maximum absolute atomic E-state index is 6.62. The van der Waals surface area contributed by atoms with Crippen molar-refractivity contribution in [2.75, 3.05) is 5.32 Å². The quantitative estimate of drug-likeness (QED) is 0.179.